The van der Waals surface area contributed by atoms with Gasteiger partial charge in [0, 0.05) is 4.88 Å². The summed E-state index contributed by atoms with van der Waals surface area (Å²) in [6.45, 7) is 4.22. The molecule has 0 aromatic carbocycles. The van der Waals surface area contributed by atoms with Crippen LogP contribution in [-0.2, 0) is 6.42 Å². The first kappa shape index (κ1) is 10.1. The molecular weight excluding hydrogens is 214 g/mol. The number of amides is 1. The molecule has 1 atom stereocenters. The quantitative estimate of drug-likeness (QED) is 0.841. The van der Waals surface area contributed by atoms with Crippen LogP contribution in [0.3, 0.4) is 0 Å². The van der Waals surface area contributed by atoms with Crippen LogP contribution >= 0.6 is 23.1 Å². The summed E-state index contributed by atoms with van der Waals surface area (Å²) in [6, 6.07) is 2.02. The van der Waals surface area contributed by atoms with Crippen molar-refractivity contribution in [3.05, 3.63) is 16.5 Å². The molecular formula is C10H13NOS2. The van der Waals surface area contributed by atoms with Gasteiger partial charge in [0.05, 0.1) is 15.1 Å². The van der Waals surface area contributed by atoms with Crippen molar-refractivity contribution in [1.82, 2.24) is 5.32 Å². The number of carbonyl (C=O) groups excluding carboxylic acids is 1. The first-order chi connectivity index (χ1) is 6.74. The summed E-state index contributed by atoms with van der Waals surface area (Å²) < 4.78 is 1.19. The largest absolute Gasteiger partial charge is 0.340 e. The molecule has 0 saturated heterocycles. The second-order valence-corrected chi connectivity index (χ2v) is 5.86. The Labute approximate surface area is 92.1 Å². The van der Waals surface area contributed by atoms with E-state index in [4.69, 9.17) is 0 Å². The van der Waals surface area contributed by atoms with E-state index in [1.54, 1.807) is 23.1 Å². The number of aryl methyl sites for hydroxylation is 1. The lowest BCUT2D eigenvalue weighted by Gasteiger charge is -2.20. The maximum absolute atomic E-state index is 11.7. The van der Waals surface area contributed by atoms with E-state index in [1.165, 1.54) is 9.09 Å². The molecule has 2 heterocycles. The molecule has 2 rings (SSSR count). The lowest BCUT2D eigenvalue weighted by Crippen LogP contribution is -2.35. The van der Waals surface area contributed by atoms with Crippen molar-refractivity contribution in [2.24, 2.45) is 0 Å². The van der Waals surface area contributed by atoms with E-state index in [1.807, 2.05) is 6.07 Å². The molecule has 1 amide bonds. The Morgan fingerprint density at radius 3 is 2.93 bits per heavy atom. The van der Waals surface area contributed by atoms with Gasteiger partial charge in [0.15, 0.2) is 0 Å². The molecule has 2 nitrogen and oxygen atoms in total. The fourth-order valence-corrected chi connectivity index (χ4v) is 3.96. The van der Waals surface area contributed by atoms with Crippen LogP contribution in [0, 0.1) is 0 Å². The average molecular weight is 227 g/mol. The highest BCUT2D eigenvalue weighted by molar-refractivity contribution is 8.01. The number of fused-ring (bicyclic) bond motifs is 1. The summed E-state index contributed by atoms with van der Waals surface area (Å²) in [4.78, 5) is 13.0. The van der Waals surface area contributed by atoms with Gasteiger partial charge in [0.1, 0.15) is 0 Å². The van der Waals surface area contributed by atoms with E-state index in [0.29, 0.717) is 0 Å². The molecule has 1 aromatic rings. The van der Waals surface area contributed by atoms with Crippen molar-refractivity contribution in [2.75, 3.05) is 0 Å². The van der Waals surface area contributed by atoms with E-state index >= 15 is 0 Å². The smallest absolute Gasteiger partial charge is 0.254 e. The summed E-state index contributed by atoms with van der Waals surface area (Å²) in [6.07, 6.45) is 2.00. The maximum atomic E-state index is 11.7. The van der Waals surface area contributed by atoms with Gasteiger partial charge in [-0.05, 0) is 18.9 Å². The molecule has 0 saturated carbocycles. The molecule has 0 radical (unpaired) electrons. The number of thioether (sulfide) groups is 1. The molecule has 0 aliphatic carbocycles. The second kappa shape index (κ2) is 3.95. The first-order valence-electron chi connectivity index (χ1n) is 4.84. The van der Waals surface area contributed by atoms with Gasteiger partial charge < -0.3 is 5.32 Å². The minimum Gasteiger partial charge on any atom is -0.340 e. The number of rotatable bonds is 2. The van der Waals surface area contributed by atoms with E-state index < -0.39 is 0 Å². The van der Waals surface area contributed by atoms with Crippen LogP contribution in [0.5, 0.6) is 0 Å². The Kier molecular flexibility index (Phi) is 2.83. The lowest BCUT2D eigenvalue weighted by molar-refractivity contribution is 0.0944. The van der Waals surface area contributed by atoms with Gasteiger partial charge >= 0.3 is 0 Å². The van der Waals surface area contributed by atoms with Crippen LogP contribution in [0.1, 0.15) is 35.5 Å². The Morgan fingerprint density at radius 2 is 2.29 bits per heavy atom. The second-order valence-electron chi connectivity index (χ2n) is 3.26. The third-order valence-corrected chi connectivity index (χ3v) is 5.04. The maximum Gasteiger partial charge on any atom is 0.254 e. The molecule has 4 heteroatoms. The third kappa shape index (κ3) is 1.68. The Hall–Kier alpha value is -0.480. The minimum atomic E-state index is 0.0987. The highest BCUT2D eigenvalue weighted by Gasteiger charge is 2.25. The van der Waals surface area contributed by atoms with E-state index in [2.05, 4.69) is 19.2 Å². The van der Waals surface area contributed by atoms with Gasteiger partial charge in [0.25, 0.3) is 5.91 Å². The van der Waals surface area contributed by atoms with E-state index in [9.17, 15) is 4.79 Å². The summed E-state index contributed by atoms with van der Waals surface area (Å²) >= 11 is 3.54. The Balaban J connectivity index is 2.33. The number of hydrogen-bond acceptors (Lipinski definition) is 3. The van der Waals surface area contributed by atoms with Gasteiger partial charge in [-0.1, -0.05) is 25.6 Å². The molecule has 0 bridgehead atoms. The van der Waals surface area contributed by atoms with E-state index in [0.717, 1.165) is 18.4 Å². The minimum absolute atomic E-state index is 0.0987. The number of thiophene rings is 1. The SMILES string of the molecule is CCc1cc2c(s1)S[C@@H](CC)NC2=O. The lowest BCUT2D eigenvalue weighted by atomic mass is 10.2. The topological polar surface area (TPSA) is 29.1 Å². The molecule has 1 aromatic heterocycles. The van der Waals surface area contributed by atoms with Gasteiger partial charge in [-0.25, -0.2) is 0 Å². The van der Waals surface area contributed by atoms with Gasteiger partial charge in [-0.2, -0.15) is 0 Å². The standard InChI is InChI=1S/C10H13NOS2/c1-3-6-5-7-9(12)11-8(4-2)14-10(7)13-6/h5,8H,3-4H2,1-2H3,(H,11,12)/t8-/m0/s1. The van der Waals surface area contributed by atoms with Crippen molar-refractivity contribution in [1.29, 1.82) is 0 Å². The van der Waals surface area contributed by atoms with Crippen LogP contribution in [0.15, 0.2) is 10.3 Å². The predicted octanol–water partition coefficient (Wildman–Crippen LogP) is 2.88. The van der Waals surface area contributed by atoms with Crippen LogP contribution in [0.25, 0.3) is 0 Å². The van der Waals surface area contributed by atoms with Crippen molar-refractivity contribution >= 4 is 29.0 Å². The van der Waals surface area contributed by atoms with Crippen LogP contribution in [-0.4, -0.2) is 11.3 Å². The predicted molar refractivity (Wildman–Crippen MR) is 61.1 cm³/mol. The molecule has 1 aliphatic heterocycles. The Bertz CT molecular complexity index is 359. The molecule has 1 N–H and O–H groups in total. The van der Waals surface area contributed by atoms with Crippen LogP contribution < -0.4 is 5.32 Å². The summed E-state index contributed by atoms with van der Waals surface area (Å²) in [5.74, 6) is 0.0987. The molecule has 0 fully saturated rings. The summed E-state index contributed by atoms with van der Waals surface area (Å²) in [7, 11) is 0. The van der Waals surface area contributed by atoms with E-state index in [-0.39, 0.29) is 11.3 Å². The van der Waals surface area contributed by atoms with Crippen molar-refractivity contribution < 1.29 is 4.79 Å². The number of nitrogens with one attached hydrogen (secondary N) is 1. The number of carbonyl (C=O) groups is 1. The van der Waals surface area contributed by atoms with Crippen LogP contribution in [0.4, 0.5) is 0 Å². The van der Waals surface area contributed by atoms with Crippen molar-refractivity contribution in [3.63, 3.8) is 0 Å². The highest BCUT2D eigenvalue weighted by Crippen LogP contribution is 2.38. The molecule has 14 heavy (non-hydrogen) atoms. The van der Waals surface area contributed by atoms with Crippen molar-refractivity contribution in [3.8, 4) is 0 Å². The Morgan fingerprint density at radius 1 is 1.50 bits per heavy atom. The average Bonchev–Trinajstić information content (AvgIpc) is 2.61. The zero-order chi connectivity index (χ0) is 10.1. The highest BCUT2D eigenvalue weighted by atomic mass is 32.2. The molecule has 76 valence electrons. The zero-order valence-corrected chi connectivity index (χ0v) is 9.93. The third-order valence-electron chi connectivity index (χ3n) is 2.25. The fourth-order valence-electron chi connectivity index (χ4n) is 1.41. The molecule has 1 aliphatic rings. The van der Waals surface area contributed by atoms with Crippen LogP contribution in [0.2, 0.25) is 0 Å². The summed E-state index contributed by atoms with van der Waals surface area (Å²) in [5.41, 5.74) is 0.876. The normalized spacial score (nSPS) is 20.4. The van der Waals surface area contributed by atoms with Gasteiger partial charge in [0.2, 0.25) is 0 Å². The summed E-state index contributed by atoms with van der Waals surface area (Å²) in [5, 5.41) is 3.25. The van der Waals surface area contributed by atoms with Crippen molar-refractivity contribution in [2.45, 2.75) is 36.3 Å². The molecule has 0 unspecified atom stereocenters. The van der Waals surface area contributed by atoms with Gasteiger partial charge in [-0.15, -0.1) is 11.3 Å². The fraction of sp³-hybridized carbons (Fsp3) is 0.500. The monoisotopic (exact) mass is 227 g/mol. The molecule has 0 spiro atoms. The zero-order valence-electron chi connectivity index (χ0n) is 8.29. The van der Waals surface area contributed by atoms with Gasteiger partial charge in [-0.3, -0.25) is 4.79 Å². The first-order valence-corrected chi connectivity index (χ1v) is 6.54. The number of hydrogen-bond donors (Lipinski definition) is 1.